The number of hydrogen-bond donors (Lipinski definition) is 1. The van der Waals surface area contributed by atoms with E-state index in [-0.39, 0.29) is 26.2 Å². The molecule has 2 rings (SSSR count). The van der Waals surface area contributed by atoms with E-state index in [9.17, 15) is 49.4 Å². The number of ether oxygens (including phenoxy) is 2. The molecular formula is C20H23F13O4. The Kier molecular flexibility index (Phi) is 7.49. The van der Waals surface area contributed by atoms with E-state index >= 15 is 17.6 Å². The second-order valence-electron chi connectivity index (χ2n) is 9.57. The van der Waals surface area contributed by atoms with Crippen molar-refractivity contribution in [3.63, 3.8) is 0 Å². The summed E-state index contributed by atoms with van der Waals surface area (Å²) in [6.07, 6.45) is -23.0. The Morgan fingerprint density at radius 3 is 1.70 bits per heavy atom. The maximum atomic E-state index is 15.9. The first-order chi connectivity index (χ1) is 16.3. The van der Waals surface area contributed by atoms with Gasteiger partial charge in [-0.05, 0) is 33.1 Å². The predicted molar refractivity (Wildman–Crippen MR) is 96.3 cm³/mol. The molecule has 1 N–H and O–H groups in total. The molecule has 218 valence electrons. The van der Waals surface area contributed by atoms with Crippen LogP contribution in [0.4, 0.5) is 57.1 Å². The van der Waals surface area contributed by atoms with Crippen LogP contribution in [0.1, 0.15) is 59.3 Å². The smallest absolute Gasteiger partial charge is 0.445 e. The molecule has 4 unspecified atom stereocenters. The summed E-state index contributed by atoms with van der Waals surface area (Å²) in [4.78, 5) is 12.4. The number of aliphatic hydroxyl groups is 1. The number of carbonyl (C=O) groups is 1. The molecule has 0 aromatic carbocycles. The SMILES string of the molecule is CCC(C)(C(=O)OC1(C)C(F)(F)C(O)(C(F)(F)F)OC(C2CCCCC2)(C(F)(F)F)C1(F)F)C(F)(F)F. The molecule has 0 bridgehead atoms. The number of esters is 1. The molecule has 37 heavy (non-hydrogen) atoms. The molecule has 17 heteroatoms. The van der Waals surface area contributed by atoms with Gasteiger partial charge in [0.2, 0.25) is 11.2 Å². The lowest BCUT2D eigenvalue weighted by molar-refractivity contribution is -0.563. The third kappa shape index (κ3) is 3.99. The monoisotopic (exact) mass is 574 g/mol. The van der Waals surface area contributed by atoms with Gasteiger partial charge in [-0.15, -0.1) is 0 Å². The van der Waals surface area contributed by atoms with E-state index in [1.54, 1.807) is 0 Å². The normalized spacial score (nSPS) is 35.1. The van der Waals surface area contributed by atoms with E-state index in [1.165, 1.54) is 0 Å². The molecule has 0 aromatic rings. The molecule has 1 saturated heterocycles. The average molecular weight is 574 g/mol. The maximum Gasteiger partial charge on any atom is 0.449 e. The summed E-state index contributed by atoms with van der Waals surface area (Å²) in [5.41, 5.74) is -15.1. The summed E-state index contributed by atoms with van der Waals surface area (Å²) in [7, 11) is 0. The molecule has 0 amide bonds. The molecular weight excluding hydrogens is 551 g/mol. The van der Waals surface area contributed by atoms with Gasteiger partial charge in [0.25, 0.3) is 0 Å². The highest BCUT2D eigenvalue weighted by Crippen LogP contribution is 2.69. The van der Waals surface area contributed by atoms with Crippen molar-refractivity contribution in [2.75, 3.05) is 0 Å². The summed E-state index contributed by atoms with van der Waals surface area (Å²) in [6, 6.07) is 0. The van der Waals surface area contributed by atoms with Gasteiger partial charge in [-0.3, -0.25) is 4.79 Å². The zero-order chi connectivity index (χ0) is 29.3. The fraction of sp³-hybridized carbons (Fsp3) is 0.950. The molecule has 0 aromatic heterocycles. The van der Waals surface area contributed by atoms with Crippen molar-refractivity contribution >= 4 is 5.97 Å². The third-order valence-corrected chi connectivity index (χ3v) is 7.46. The van der Waals surface area contributed by atoms with Crippen molar-refractivity contribution in [1.82, 2.24) is 0 Å². The highest BCUT2D eigenvalue weighted by molar-refractivity contribution is 5.78. The first-order valence-electron chi connectivity index (χ1n) is 10.9. The minimum Gasteiger partial charge on any atom is -0.445 e. The first kappa shape index (κ1) is 31.7. The van der Waals surface area contributed by atoms with Crippen LogP contribution in [0, 0.1) is 11.3 Å². The van der Waals surface area contributed by atoms with Crippen LogP contribution in [0.15, 0.2) is 0 Å². The lowest BCUT2D eigenvalue weighted by Gasteiger charge is -2.61. The zero-order valence-electron chi connectivity index (χ0n) is 19.4. The number of rotatable bonds is 4. The fourth-order valence-electron chi connectivity index (χ4n) is 4.67. The third-order valence-electron chi connectivity index (χ3n) is 7.46. The first-order valence-corrected chi connectivity index (χ1v) is 10.9. The van der Waals surface area contributed by atoms with Crippen LogP contribution >= 0.6 is 0 Å². The molecule has 1 heterocycles. The number of halogens is 13. The maximum absolute atomic E-state index is 15.9. The summed E-state index contributed by atoms with van der Waals surface area (Å²) in [6.45, 7) is -0.187. The van der Waals surface area contributed by atoms with Crippen molar-refractivity contribution in [2.24, 2.45) is 11.3 Å². The van der Waals surface area contributed by atoms with Gasteiger partial charge in [0, 0.05) is 5.92 Å². The highest BCUT2D eigenvalue weighted by atomic mass is 19.4. The van der Waals surface area contributed by atoms with E-state index in [0.717, 1.165) is 0 Å². The molecule has 1 saturated carbocycles. The van der Waals surface area contributed by atoms with Gasteiger partial charge >= 0.3 is 42.1 Å². The van der Waals surface area contributed by atoms with Crippen molar-refractivity contribution in [1.29, 1.82) is 0 Å². The Bertz CT molecular complexity index is 877. The quantitative estimate of drug-likeness (QED) is 0.300. The van der Waals surface area contributed by atoms with Crippen LogP contribution in [0.25, 0.3) is 0 Å². The van der Waals surface area contributed by atoms with Gasteiger partial charge in [-0.1, -0.05) is 26.2 Å². The number of alkyl halides is 13. The molecule has 1 aliphatic carbocycles. The van der Waals surface area contributed by atoms with Gasteiger partial charge in [0.1, 0.15) is 0 Å². The fourth-order valence-corrected chi connectivity index (χ4v) is 4.67. The van der Waals surface area contributed by atoms with Gasteiger partial charge in [0.05, 0.1) is 0 Å². The van der Waals surface area contributed by atoms with Gasteiger partial charge in [0.15, 0.2) is 5.41 Å². The summed E-state index contributed by atoms with van der Waals surface area (Å²) < 4.78 is 194. The number of carbonyl (C=O) groups excluding carboxylic acids is 1. The predicted octanol–water partition coefficient (Wildman–Crippen LogP) is 6.70. The van der Waals surface area contributed by atoms with Crippen LogP contribution in [-0.2, 0) is 14.3 Å². The van der Waals surface area contributed by atoms with Gasteiger partial charge in [-0.25, -0.2) is 0 Å². The van der Waals surface area contributed by atoms with Gasteiger partial charge < -0.3 is 14.6 Å². The van der Waals surface area contributed by atoms with Crippen molar-refractivity contribution in [2.45, 2.75) is 107 Å². The molecule has 0 spiro atoms. The molecule has 2 fully saturated rings. The molecule has 1 aliphatic heterocycles. The zero-order valence-corrected chi connectivity index (χ0v) is 19.4. The second kappa shape index (κ2) is 8.74. The van der Waals surface area contributed by atoms with Crippen molar-refractivity contribution < 1.29 is 76.5 Å². The van der Waals surface area contributed by atoms with E-state index in [1.807, 2.05) is 0 Å². The Balaban J connectivity index is 2.97. The highest BCUT2D eigenvalue weighted by Gasteiger charge is 2.97. The van der Waals surface area contributed by atoms with E-state index in [0.29, 0.717) is 6.92 Å². The minimum atomic E-state index is -6.93. The Labute approximate surface area is 201 Å². The van der Waals surface area contributed by atoms with E-state index in [2.05, 4.69) is 9.47 Å². The van der Waals surface area contributed by atoms with Crippen LogP contribution in [-0.4, -0.2) is 58.4 Å². The number of hydrogen-bond acceptors (Lipinski definition) is 4. The summed E-state index contributed by atoms with van der Waals surface area (Å²) in [5, 5.41) is 9.92. The van der Waals surface area contributed by atoms with Gasteiger partial charge in [-0.2, -0.15) is 57.1 Å². The van der Waals surface area contributed by atoms with E-state index < -0.39 is 90.9 Å². The molecule has 4 nitrogen and oxygen atoms in total. The van der Waals surface area contributed by atoms with Crippen LogP contribution in [0.3, 0.4) is 0 Å². The summed E-state index contributed by atoms with van der Waals surface area (Å²) >= 11 is 0. The largest absolute Gasteiger partial charge is 0.449 e. The minimum absolute atomic E-state index is 0.0254. The average Bonchev–Trinajstić information content (AvgIpc) is 2.73. The standard InChI is InChI=1S/C20H23F13O4/c1-4-12(2,18(25,26)27)11(34)36-13(3)15(21,22)14(19(28,29)30,10-8-6-5-7-9-10)37-17(35,16(13,23)24)20(31,32)33/h10,35H,4-9H2,1-3H3. The van der Waals surface area contributed by atoms with Crippen molar-refractivity contribution in [3.8, 4) is 0 Å². The second-order valence-corrected chi connectivity index (χ2v) is 9.57. The lowest BCUT2D eigenvalue weighted by atomic mass is 9.64. The Morgan fingerprint density at radius 2 is 1.35 bits per heavy atom. The Morgan fingerprint density at radius 1 is 0.892 bits per heavy atom. The topological polar surface area (TPSA) is 55.8 Å². The molecule has 2 aliphatic rings. The molecule has 0 radical (unpaired) electrons. The lowest BCUT2D eigenvalue weighted by Crippen LogP contribution is -2.88. The molecule has 4 atom stereocenters. The summed E-state index contributed by atoms with van der Waals surface area (Å²) in [5.74, 6) is -25.0. The van der Waals surface area contributed by atoms with E-state index in [4.69, 9.17) is 0 Å². The van der Waals surface area contributed by atoms with Crippen LogP contribution < -0.4 is 0 Å². The van der Waals surface area contributed by atoms with Crippen molar-refractivity contribution in [3.05, 3.63) is 0 Å². The Hall–Kier alpha value is -1.52. The van der Waals surface area contributed by atoms with Crippen LogP contribution in [0.2, 0.25) is 0 Å². The van der Waals surface area contributed by atoms with Crippen LogP contribution in [0.5, 0.6) is 0 Å².